The molecule has 1 fully saturated rings. The van der Waals surface area contributed by atoms with Crippen molar-refractivity contribution in [2.45, 2.75) is 44.6 Å². The van der Waals surface area contributed by atoms with Crippen molar-refractivity contribution in [1.29, 1.82) is 0 Å². The Morgan fingerprint density at radius 2 is 1.81 bits per heavy atom. The predicted molar refractivity (Wildman–Crippen MR) is 67.6 cm³/mol. The van der Waals surface area contributed by atoms with Gasteiger partial charge >= 0.3 is 0 Å². The Labute approximate surface area is 102 Å². The van der Waals surface area contributed by atoms with Crippen molar-refractivity contribution >= 4 is 11.6 Å². The summed E-state index contributed by atoms with van der Waals surface area (Å²) in [6, 6.07) is 7.55. The fraction of sp³-hybridized carbons (Fsp3) is 0.571. The van der Waals surface area contributed by atoms with E-state index in [0.717, 1.165) is 17.0 Å². The molecule has 1 N–H and O–H groups in total. The predicted octanol–water partition coefficient (Wildman–Crippen LogP) is 4.13. The highest BCUT2D eigenvalue weighted by Gasteiger charge is 2.28. The topological polar surface area (TPSA) is 20.2 Å². The maximum absolute atomic E-state index is 10.5. The molecule has 0 radical (unpaired) electrons. The Hall–Kier alpha value is -0.530. The fourth-order valence-electron chi connectivity index (χ4n) is 2.70. The Kier molecular flexibility index (Phi) is 3.56. The number of rotatable bonds is 3. The van der Waals surface area contributed by atoms with E-state index in [1.54, 1.807) is 0 Å². The van der Waals surface area contributed by atoms with Crippen LogP contribution in [0.4, 0.5) is 0 Å². The lowest BCUT2D eigenvalue weighted by molar-refractivity contribution is 0.0308. The van der Waals surface area contributed by atoms with Gasteiger partial charge in [0.25, 0.3) is 0 Å². The van der Waals surface area contributed by atoms with Crippen LogP contribution in [0.5, 0.6) is 0 Å². The SMILES string of the molecule is CC(O)(CC1CCCC1)c1ccc(Cl)cc1. The van der Waals surface area contributed by atoms with Crippen molar-refractivity contribution in [3.63, 3.8) is 0 Å². The maximum Gasteiger partial charge on any atom is 0.0871 e. The molecule has 1 aliphatic carbocycles. The fourth-order valence-corrected chi connectivity index (χ4v) is 2.83. The third kappa shape index (κ3) is 2.78. The molecule has 16 heavy (non-hydrogen) atoms. The third-order valence-electron chi connectivity index (χ3n) is 3.63. The van der Waals surface area contributed by atoms with Crippen LogP contribution in [0.25, 0.3) is 0 Å². The van der Waals surface area contributed by atoms with Gasteiger partial charge in [-0.25, -0.2) is 0 Å². The molecule has 1 unspecified atom stereocenters. The van der Waals surface area contributed by atoms with E-state index in [2.05, 4.69) is 0 Å². The molecule has 1 saturated carbocycles. The molecule has 0 heterocycles. The first-order valence-electron chi connectivity index (χ1n) is 6.06. The summed E-state index contributed by atoms with van der Waals surface area (Å²) in [5.74, 6) is 0.686. The van der Waals surface area contributed by atoms with Gasteiger partial charge in [0, 0.05) is 5.02 Å². The highest BCUT2D eigenvalue weighted by Crippen LogP contribution is 2.36. The summed E-state index contributed by atoms with van der Waals surface area (Å²) in [6.07, 6.45) is 6.05. The average Bonchev–Trinajstić information content (AvgIpc) is 2.70. The first kappa shape index (κ1) is 11.9. The van der Waals surface area contributed by atoms with Crippen LogP contribution in [0.1, 0.15) is 44.6 Å². The second kappa shape index (κ2) is 4.77. The molecule has 2 rings (SSSR count). The van der Waals surface area contributed by atoms with Gasteiger partial charge in [0.1, 0.15) is 0 Å². The van der Waals surface area contributed by atoms with Gasteiger partial charge in [-0.2, -0.15) is 0 Å². The van der Waals surface area contributed by atoms with Crippen molar-refractivity contribution in [2.75, 3.05) is 0 Å². The zero-order chi connectivity index (χ0) is 11.6. The van der Waals surface area contributed by atoms with Crippen molar-refractivity contribution in [3.05, 3.63) is 34.9 Å². The quantitative estimate of drug-likeness (QED) is 0.840. The molecule has 0 aromatic heterocycles. The second-order valence-corrected chi connectivity index (χ2v) is 5.57. The van der Waals surface area contributed by atoms with Crippen LogP contribution < -0.4 is 0 Å². The summed E-state index contributed by atoms with van der Waals surface area (Å²) in [4.78, 5) is 0. The van der Waals surface area contributed by atoms with E-state index in [1.807, 2.05) is 31.2 Å². The van der Waals surface area contributed by atoms with E-state index in [9.17, 15) is 5.11 Å². The zero-order valence-corrected chi connectivity index (χ0v) is 10.5. The molecular formula is C14H19ClO. The van der Waals surface area contributed by atoms with Gasteiger partial charge in [0.2, 0.25) is 0 Å². The van der Waals surface area contributed by atoms with Crippen molar-refractivity contribution in [3.8, 4) is 0 Å². The molecule has 1 aliphatic rings. The zero-order valence-electron chi connectivity index (χ0n) is 9.75. The Morgan fingerprint density at radius 1 is 1.25 bits per heavy atom. The average molecular weight is 239 g/mol. The lowest BCUT2D eigenvalue weighted by Gasteiger charge is -2.27. The first-order chi connectivity index (χ1) is 7.58. The minimum atomic E-state index is -0.709. The monoisotopic (exact) mass is 238 g/mol. The van der Waals surface area contributed by atoms with Gasteiger partial charge < -0.3 is 5.11 Å². The van der Waals surface area contributed by atoms with Crippen molar-refractivity contribution in [1.82, 2.24) is 0 Å². The molecule has 2 heteroatoms. The largest absolute Gasteiger partial charge is 0.385 e. The van der Waals surface area contributed by atoms with Crippen molar-refractivity contribution < 1.29 is 5.11 Å². The highest BCUT2D eigenvalue weighted by atomic mass is 35.5. The summed E-state index contributed by atoms with van der Waals surface area (Å²) in [5.41, 5.74) is 0.267. The van der Waals surface area contributed by atoms with Crippen LogP contribution in [0.3, 0.4) is 0 Å². The van der Waals surface area contributed by atoms with E-state index >= 15 is 0 Å². The van der Waals surface area contributed by atoms with Crippen LogP contribution in [0.15, 0.2) is 24.3 Å². The molecule has 1 atom stereocenters. The Bertz CT molecular complexity index is 336. The van der Waals surface area contributed by atoms with E-state index in [0.29, 0.717) is 5.92 Å². The lowest BCUT2D eigenvalue weighted by atomic mass is 9.85. The van der Waals surface area contributed by atoms with Crippen LogP contribution in [0.2, 0.25) is 5.02 Å². The van der Waals surface area contributed by atoms with Gasteiger partial charge in [-0.1, -0.05) is 49.4 Å². The highest BCUT2D eigenvalue weighted by molar-refractivity contribution is 6.30. The summed E-state index contributed by atoms with van der Waals surface area (Å²) in [6.45, 7) is 1.91. The minimum absolute atomic E-state index is 0.686. The molecule has 88 valence electrons. The number of aliphatic hydroxyl groups is 1. The first-order valence-corrected chi connectivity index (χ1v) is 6.44. The molecule has 0 aliphatic heterocycles. The number of benzene rings is 1. The van der Waals surface area contributed by atoms with Gasteiger partial charge in [0.05, 0.1) is 5.60 Å². The Morgan fingerprint density at radius 3 is 2.38 bits per heavy atom. The molecule has 0 spiro atoms. The molecule has 0 amide bonds. The maximum atomic E-state index is 10.5. The van der Waals surface area contributed by atoms with E-state index in [4.69, 9.17) is 11.6 Å². The Balaban J connectivity index is 2.07. The van der Waals surface area contributed by atoms with E-state index in [1.165, 1.54) is 25.7 Å². The lowest BCUT2D eigenvalue weighted by Crippen LogP contribution is -2.24. The third-order valence-corrected chi connectivity index (χ3v) is 3.88. The molecule has 1 aromatic carbocycles. The summed E-state index contributed by atoms with van der Waals surface area (Å²) in [7, 11) is 0. The molecule has 1 aromatic rings. The molecule has 0 saturated heterocycles. The van der Waals surface area contributed by atoms with Crippen LogP contribution >= 0.6 is 11.6 Å². The number of halogens is 1. The van der Waals surface area contributed by atoms with E-state index in [-0.39, 0.29) is 0 Å². The summed E-state index contributed by atoms with van der Waals surface area (Å²) < 4.78 is 0. The molecule has 1 nitrogen and oxygen atoms in total. The van der Waals surface area contributed by atoms with Crippen LogP contribution in [0, 0.1) is 5.92 Å². The summed E-state index contributed by atoms with van der Waals surface area (Å²) >= 11 is 5.85. The van der Waals surface area contributed by atoms with Crippen molar-refractivity contribution in [2.24, 2.45) is 5.92 Å². The van der Waals surface area contributed by atoms with Crippen LogP contribution in [-0.4, -0.2) is 5.11 Å². The minimum Gasteiger partial charge on any atom is -0.385 e. The van der Waals surface area contributed by atoms with Gasteiger partial charge in [-0.05, 0) is 37.0 Å². The standard InChI is InChI=1S/C14H19ClO/c1-14(16,10-11-4-2-3-5-11)12-6-8-13(15)9-7-12/h6-9,11,16H,2-5,10H2,1H3. The van der Waals surface area contributed by atoms with Gasteiger partial charge in [0.15, 0.2) is 0 Å². The molecular weight excluding hydrogens is 220 g/mol. The number of hydrogen-bond acceptors (Lipinski definition) is 1. The van der Waals surface area contributed by atoms with E-state index < -0.39 is 5.60 Å². The van der Waals surface area contributed by atoms with Crippen LogP contribution in [-0.2, 0) is 5.60 Å². The summed E-state index contributed by atoms with van der Waals surface area (Å²) in [5, 5.41) is 11.2. The smallest absolute Gasteiger partial charge is 0.0871 e. The molecule has 0 bridgehead atoms. The second-order valence-electron chi connectivity index (χ2n) is 5.14. The van der Waals surface area contributed by atoms with Gasteiger partial charge in [-0.3, -0.25) is 0 Å². The number of hydrogen-bond donors (Lipinski definition) is 1. The normalized spacial score (nSPS) is 20.9. The van der Waals surface area contributed by atoms with Gasteiger partial charge in [-0.15, -0.1) is 0 Å².